The third kappa shape index (κ3) is 13.4. The van der Waals surface area contributed by atoms with Gasteiger partial charge in [-0.1, -0.05) is 0 Å². The van der Waals surface area contributed by atoms with E-state index in [9.17, 15) is 14.4 Å². The maximum atomic E-state index is 11.7. The molecule has 0 unspecified atom stereocenters. The molecule has 0 aliphatic rings. The van der Waals surface area contributed by atoms with Gasteiger partial charge in [-0.05, 0) is 20.8 Å². The Bertz CT molecular complexity index is 355. The quantitative estimate of drug-likeness (QED) is 0.466. The van der Waals surface area contributed by atoms with E-state index in [2.05, 4.69) is 0 Å². The van der Waals surface area contributed by atoms with Gasteiger partial charge in [-0.2, -0.15) is 0 Å². The van der Waals surface area contributed by atoms with E-state index in [4.69, 9.17) is 14.2 Å². The first-order valence-electron chi connectivity index (χ1n) is 7.31. The summed E-state index contributed by atoms with van der Waals surface area (Å²) in [6.07, 6.45) is 0.220. The largest absolute Gasteiger partial charge is 0.465 e. The first kappa shape index (κ1) is 20.4. The van der Waals surface area contributed by atoms with Gasteiger partial charge in [-0.15, -0.1) is 0 Å². The Morgan fingerprint density at radius 1 is 0.864 bits per heavy atom. The van der Waals surface area contributed by atoms with Gasteiger partial charge in [0.2, 0.25) is 0 Å². The van der Waals surface area contributed by atoms with Gasteiger partial charge in [0, 0.05) is 33.5 Å². The Morgan fingerprint density at radius 3 is 1.68 bits per heavy atom. The maximum absolute atomic E-state index is 11.7. The van der Waals surface area contributed by atoms with Gasteiger partial charge >= 0.3 is 17.9 Å². The lowest BCUT2D eigenvalue weighted by Gasteiger charge is -2.23. The highest BCUT2D eigenvalue weighted by molar-refractivity contribution is 5.70. The molecule has 0 aromatic carbocycles. The van der Waals surface area contributed by atoms with Crippen molar-refractivity contribution in [1.29, 1.82) is 0 Å². The lowest BCUT2D eigenvalue weighted by atomic mass is 10.2. The molecule has 7 heteroatoms. The van der Waals surface area contributed by atoms with Gasteiger partial charge < -0.3 is 14.2 Å². The van der Waals surface area contributed by atoms with Crippen LogP contribution in [0.5, 0.6) is 0 Å². The van der Waals surface area contributed by atoms with Crippen molar-refractivity contribution in [3.63, 3.8) is 0 Å². The van der Waals surface area contributed by atoms with Crippen LogP contribution in [0.3, 0.4) is 0 Å². The number of rotatable bonds is 9. The van der Waals surface area contributed by atoms with Crippen LogP contribution in [0.4, 0.5) is 0 Å². The summed E-state index contributed by atoms with van der Waals surface area (Å²) in [5.74, 6) is -1.00. The number of nitrogens with zero attached hydrogens (tertiary/aromatic N) is 1. The molecule has 22 heavy (non-hydrogen) atoms. The minimum Gasteiger partial charge on any atom is -0.465 e. The topological polar surface area (TPSA) is 82.1 Å². The van der Waals surface area contributed by atoms with Gasteiger partial charge in [0.05, 0.1) is 6.42 Å². The van der Waals surface area contributed by atoms with Crippen molar-refractivity contribution >= 4 is 17.9 Å². The molecule has 0 saturated carbocycles. The van der Waals surface area contributed by atoms with Crippen molar-refractivity contribution in [2.24, 2.45) is 0 Å². The highest BCUT2D eigenvalue weighted by Crippen LogP contribution is 2.08. The number of carbonyl (C=O) groups is 3. The molecule has 0 aliphatic carbocycles. The summed E-state index contributed by atoms with van der Waals surface area (Å²) in [6.45, 7) is 9.92. The SMILES string of the molecule is CC(=O)OCCN(CCOC(C)=O)CCC(=O)OC(C)(C)C. The smallest absolute Gasteiger partial charge is 0.307 e. The van der Waals surface area contributed by atoms with Crippen LogP contribution in [0, 0.1) is 0 Å². The molecule has 7 nitrogen and oxygen atoms in total. The predicted octanol–water partition coefficient (Wildman–Crippen LogP) is 1.15. The average Bonchev–Trinajstić information content (AvgIpc) is 2.32. The zero-order valence-corrected chi connectivity index (χ0v) is 14.1. The van der Waals surface area contributed by atoms with E-state index in [1.165, 1.54) is 13.8 Å². The molecule has 0 radical (unpaired) electrons. The maximum Gasteiger partial charge on any atom is 0.307 e. The zero-order chi connectivity index (χ0) is 17.2. The highest BCUT2D eigenvalue weighted by atomic mass is 16.6. The zero-order valence-electron chi connectivity index (χ0n) is 14.1. The minimum absolute atomic E-state index is 0.220. The van der Waals surface area contributed by atoms with Gasteiger partial charge in [0.25, 0.3) is 0 Å². The van der Waals surface area contributed by atoms with Crippen molar-refractivity contribution in [2.45, 2.75) is 46.6 Å². The van der Waals surface area contributed by atoms with E-state index in [1.807, 2.05) is 25.7 Å². The van der Waals surface area contributed by atoms with E-state index in [1.54, 1.807) is 0 Å². The van der Waals surface area contributed by atoms with Crippen LogP contribution in [-0.2, 0) is 28.6 Å². The van der Waals surface area contributed by atoms with Gasteiger partial charge in [0.1, 0.15) is 18.8 Å². The summed E-state index contributed by atoms with van der Waals surface area (Å²) in [6, 6.07) is 0. The van der Waals surface area contributed by atoms with E-state index >= 15 is 0 Å². The van der Waals surface area contributed by atoms with Crippen molar-refractivity contribution in [3.8, 4) is 0 Å². The molecule has 0 saturated heterocycles. The van der Waals surface area contributed by atoms with Gasteiger partial charge in [-0.3, -0.25) is 19.3 Å². The van der Waals surface area contributed by atoms with Crippen LogP contribution in [0.15, 0.2) is 0 Å². The summed E-state index contributed by atoms with van der Waals surface area (Å²) >= 11 is 0. The standard InChI is InChI=1S/C15H27NO6/c1-12(17)20-10-8-16(9-11-21-13(2)18)7-6-14(19)22-15(3,4)5/h6-11H2,1-5H3. The van der Waals surface area contributed by atoms with Crippen LogP contribution < -0.4 is 0 Å². The summed E-state index contributed by atoms with van der Waals surface area (Å²) in [5.41, 5.74) is -0.516. The van der Waals surface area contributed by atoms with Crippen molar-refractivity contribution < 1.29 is 28.6 Å². The molecular formula is C15H27NO6. The van der Waals surface area contributed by atoms with E-state index < -0.39 is 5.60 Å². The molecule has 0 bridgehead atoms. The summed E-state index contributed by atoms with van der Waals surface area (Å²) in [7, 11) is 0. The molecule has 0 aromatic heterocycles. The van der Waals surface area contributed by atoms with Crippen molar-refractivity contribution in [1.82, 2.24) is 4.90 Å². The molecule has 0 amide bonds. The van der Waals surface area contributed by atoms with E-state index in [0.29, 0.717) is 19.6 Å². The fourth-order valence-corrected chi connectivity index (χ4v) is 1.61. The molecule has 0 N–H and O–H groups in total. The summed E-state index contributed by atoms with van der Waals surface area (Å²) in [4.78, 5) is 35.1. The fourth-order valence-electron chi connectivity index (χ4n) is 1.61. The average molecular weight is 317 g/mol. The predicted molar refractivity (Wildman–Crippen MR) is 80.2 cm³/mol. The van der Waals surface area contributed by atoms with Crippen LogP contribution in [0.2, 0.25) is 0 Å². The number of carbonyl (C=O) groups excluding carboxylic acids is 3. The van der Waals surface area contributed by atoms with Gasteiger partial charge in [0.15, 0.2) is 0 Å². The summed E-state index contributed by atoms with van der Waals surface area (Å²) in [5, 5.41) is 0. The Kier molecular flexibility index (Phi) is 9.40. The molecule has 0 aliphatic heterocycles. The molecule has 128 valence electrons. The third-order valence-corrected chi connectivity index (χ3v) is 2.48. The highest BCUT2D eigenvalue weighted by Gasteiger charge is 2.17. The fraction of sp³-hybridized carbons (Fsp3) is 0.800. The van der Waals surface area contributed by atoms with Crippen molar-refractivity contribution in [2.75, 3.05) is 32.8 Å². The molecule has 0 spiro atoms. The number of ether oxygens (including phenoxy) is 3. The normalized spacial score (nSPS) is 11.2. The molecular weight excluding hydrogens is 290 g/mol. The summed E-state index contributed by atoms with van der Waals surface area (Å²) < 4.78 is 15.0. The first-order chi connectivity index (χ1) is 10.1. The molecule has 0 atom stereocenters. The number of esters is 3. The molecule has 0 fully saturated rings. The lowest BCUT2D eigenvalue weighted by molar-refractivity contribution is -0.155. The minimum atomic E-state index is -0.516. The molecule has 0 aromatic rings. The number of hydrogen-bond acceptors (Lipinski definition) is 7. The Hall–Kier alpha value is -1.63. The second-order valence-electron chi connectivity index (χ2n) is 5.86. The monoisotopic (exact) mass is 317 g/mol. The second-order valence-corrected chi connectivity index (χ2v) is 5.86. The first-order valence-corrected chi connectivity index (χ1v) is 7.31. The van der Waals surface area contributed by atoms with Crippen LogP contribution >= 0.6 is 0 Å². The second kappa shape index (κ2) is 10.2. The Labute approximate surface area is 131 Å². The lowest BCUT2D eigenvalue weighted by Crippen LogP contribution is -2.35. The van der Waals surface area contributed by atoms with Crippen LogP contribution in [-0.4, -0.2) is 61.3 Å². The number of hydrogen-bond donors (Lipinski definition) is 0. The van der Waals surface area contributed by atoms with Crippen LogP contribution in [0.1, 0.15) is 41.0 Å². The Morgan fingerprint density at radius 2 is 1.32 bits per heavy atom. The Balaban J connectivity index is 4.22. The third-order valence-electron chi connectivity index (χ3n) is 2.48. The molecule has 0 heterocycles. The van der Waals surface area contributed by atoms with Crippen LogP contribution in [0.25, 0.3) is 0 Å². The molecule has 0 rings (SSSR count). The van der Waals surface area contributed by atoms with Gasteiger partial charge in [-0.25, -0.2) is 0 Å². The van der Waals surface area contributed by atoms with E-state index in [-0.39, 0.29) is 37.5 Å². The van der Waals surface area contributed by atoms with Crippen molar-refractivity contribution in [3.05, 3.63) is 0 Å². The van der Waals surface area contributed by atoms with E-state index in [0.717, 1.165) is 0 Å².